The number of aldehydes is 1. The van der Waals surface area contributed by atoms with Gasteiger partial charge in [0, 0.05) is 36.0 Å². The number of oxime groups is 1. The Kier molecular flexibility index (Phi) is 13.3. The molecule has 6 atom stereocenters. The average molecular weight is 742 g/mol. The molecule has 9 nitrogen and oxygen atoms in total. The minimum atomic E-state index is -1.08. The Hall–Kier alpha value is -4.09. The fraction of sp³-hybridized carbons (Fsp3) is 0.442. The highest BCUT2D eigenvalue weighted by Crippen LogP contribution is 2.63. The molecular formula is C43H51NO8S. The molecule has 1 fully saturated rings. The Labute approximate surface area is 317 Å². The molecule has 3 aromatic rings. The maximum absolute atomic E-state index is 11.8. The van der Waals surface area contributed by atoms with Crippen LogP contribution in [-0.4, -0.2) is 66.8 Å². The van der Waals surface area contributed by atoms with Crippen LogP contribution in [0.5, 0.6) is 23.0 Å². The van der Waals surface area contributed by atoms with Gasteiger partial charge < -0.3 is 34.0 Å². The first-order valence-corrected chi connectivity index (χ1v) is 19.6. The number of carbonyl (C=O) groups excluding carboxylic acids is 1. The summed E-state index contributed by atoms with van der Waals surface area (Å²) in [6.07, 6.45) is 10.4. The molecule has 6 rings (SSSR count). The number of hydrogen-bond donors (Lipinski definition) is 2. The second-order valence-electron chi connectivity index (χ2n) is 13.7. The summed E-state index contributed by atoms with van der Waals surface area (Å²) < 4.78 is 26.0. The minimum absolute atomic E-state index is 0.0719. The van der Waals surface area contributed by atoms with E-state index < -0.39 is 5.79 Å². The van der Waals surface area contributed by atoms with Gasteiger partial charge in [0.2, 0.25) is 5.79 Å². The van der Waals surface area contributed by atoms with Gasteiger partial charge in [-0.2, -0.15) is 0 Å². The van der Waals surface area contributed by atoms with Crippen molar-refractivity contribution in [2.75, 3.05) is 33.5 Å². The van der Waals surface area contributed by atoms with Gasteiger partial charge in [-0.15, -0.1) is 18.3 Å². The molecule has 1 aliphatic heterocycles. The number of methoxy groups -OCH3 is 1. The lowest BCUT2D eigenvalue weighted by Crippen LogP contribution is -2.64. The standard InChI is InChI=1S/C43H51NO8S/c1-4-23-49-43-40(53-33-14-7-6-8-15-33)27-37(44-50-5-2)35-25-29(13-9-11-21-45)34(16-10-12-22-46)41(42(35)43)36-26-32(18-20-39(36)52-43)51-31-17-19-38(48-3)30(24-31)28-47/h4,6-8,14-15,17-20,24-26,28-29,34,40-42,45-46H,1,5,9-13,16,21-23,27H2,2-3H3. The van der Waals surface area contributed by atoms with E-state index in [4.69, 9.17) is 28.9 Å². The summed E-state index contributed by atoms with van der Waals surface area (Å²) in [5, 5.41) is 24.2. The smallest absolute Gasteiger partial charge is 0.231 e. The molecule has 1 saturated carbocycles. The second-order valence-corrected chi connectivity index (χ2v) is 15.0. The van der Waals surface area contributed by atoms with Crippen LogP contribution in [0.2, 0.25) is 0 Å². The van der Waals surface area contributed by atoms with Crippen LogP contribution in [0.15, 0.2) is 101 Å². The lowest BCUT2D eigenvalue weighted by atomic mass is 9.56. The molecule has 0 radical (unpaired) electrons. The number of hydrogen-bond acceptors (Lipinski definition) is 10. The third-order valence-electron chi connectivity index (χ3n) is 10.5. The third kappa shape index (κ3) is 8.36. The summed E-state index contributed by atoms with van der Waals surface area (Å²) in [4.78, 5) is 18.7. The van der Waals surface area contributed by atoms with Crippen molar-refractivity contribution in [2.45, 2.75) is 73.7 Å². The molecule has 282 valence electrons. The second kappa shape index (κ2) is 18.3. The number of allylic oxidation sites excluding steroid dienone is 1. The maximum Gasteiger partial charge on any atom is 0.231 e. The monoisotopic (exact) mass is 741 g/mol. The van der Waals surface area contributed by atoms with Gasteiger partial charge in [-0.1, -0.05) is 48.3 Å². The van der Waals surface area contributed by atoms with Crippen LogP contribution < -0.4 is 14.2 Å². The first-order chi connectivity index (χ1) is 26.0. The number of benzene rings is 3. The summed E-state index contributed by atoms with van der Waals surface area (Å²) in [5.74, 6) is 1.27. The molecule has 3 aromatic carbocycles. The summed E-state index contributed by atoms with van der Waals surface area (Å²) in [5.41, 5.74) is 3.39. The van der Waals surface area contributed by atoms with Crippen molar-refractivity contribution in [1.82, 2.24) is 0 Å². The number of ether oxygens (including phenoxy) is 4. The highest BCUT2D eigenvalue weighted by atomic mass is 32.2. The van der Waals surface area contributed by atoms with Gasteiger partial charge in [0.05, 0.1) is 36.2 Å². The average Bonchev–Trinajstić information content (AvgIpc) is 3.18. The molecule has 3 aliphatic rings. The number of unbranched alkanes of at least 4 members (excludes halogenated alkanes) is 2. The first-order valence-electron chi connectivity index (χ1n) is 18.7. The number of aliphatic hydroxyl groups is 2. The zero-order valence-corrected chi connectivity index (χ0v) is 31.5. The molecule has 0 amide bonds. The Morgan fingerprint density at radius 1 is 1.00 bits per heavy atom. The van der Waals surface area contributed by atoms with E-state index in [9.17, 15) is 15.0 Å². The molecule has 0 aromatic heterocycles. The summed E-state index contributed by atoms with van der Waals surface area (Å²) >= 11 is 1.73. The van der Waals surface area contributed by atoms with E-state index in [1.54, 1.807) is 36.0 Å². The number of nitrogens with zero attached hydrogens (tertiary/aromatic N) is 1. The summed E-state index contributed by atoms with van der Waals surface area (Å²) in [6, 6.07) is 21.5. The van der Waals surface area contributed by atoms with E-state index in [0.717, 1.165) is 65.9 Å². The van der Waals surface area contributed by atoms with Gasteiger partial charge >= 0.3 is 0 Å². The SMILES string of the molecule is C=CCOC12Oc3ccc(Oc4ccc(OC)c(C=O)c4)cc3C3C(CCCCO)C(CCCCO)C=C(C(=NOCC)CC1Sc1ccccc1)C32. The minimum Gasteiger partial charge on any atom is -0.496 e. The highest BCUT2D eigenvalue weighted by molar-refractivity contribution is 8.00. The first kappa shape index (κ1) is 38.6. The number of fused-ring (bicyclic) bond motifs is 2. The van der Waals surface area contributed by atoms with Crippen molar-refractivity contribution in [1.29, 1.82) is 0 Å². The zero-order chi connectivity index (χ0) is 37.2. The molecule has 2 N–H and O–H groups in total. The molecule has 53 heavy (non-hydrogen) atoms. The van der Waals surface area contributed by atoms with Crippen molar-refractivity contribution in [2.24, 2.45) is 22.9 Å². The van der Waals surface area contributed by atoms with E-state index in [1.807, 2.05) is 37.3 Å². The van der Waals surface area contributed by atoms with Gasteiger partial charge in [0.15, 0.2) is 6.29 Å². The van der Waals surface area contributed by atoms with Crippen LogP contribution in [0.1, 0.15) is 73.7 Å². The fourth-order valence-electron chi connectivity index (χ4n) is 8.30. The Bertz CT molecular complexity index is 1760. The van der Waals surface area contributed by atoms with Crippen molar-refractivity contribution in [3.8, 4) is 23.0 Å². The Morgan fingerprint density at radius 3 is 2.47 bits per heavy atom. The third-order valence-corrected chi connectivity index (χ3v) is 11.8. The van der Waals surface area contributed by atoms with Gasteiger partial charge in [-0.3, -0.25) is 4.79 Å². The van der Waals surface area contributed by atoms with Crippen LogP contribution >= 0.6 is 11.8 Å². The molecule has 6 unspecified atom stereocenters. The van der Waals surface area contributed by atoms with Gasteiger partial charge in [-0.25, -0.2) is 0 Å². The predicted octanol–water partition coefficient (Wildman–Crippen LogP) is 8.75. The highest BCUT2D eigenvalue weighted by Gasteiger charge is 2.64. The topological polar surface area (TPSA) is 116 Å². The van der Waals surface area contributed by atoms with E-state index in [0.29, 0.717) is 48.9 Å². The van der Waals surface area contributed by atoms with Crippen molar-refractivity contribution in [3.05, 3.63) is 102 Å². The summed E-state index contributed by atoms with van der Waals surface area (Å²) in [6.45, 7) is 6.97. The van der Waals surface area contributed by atoms with Crippen LogP contribution in [-0.2, 0) is 9.57 Å². The van der Waals surface area contributed by atoms with Gasteiger partial charge in [0.25, 0.3) is 0 Å². The normalized spacial score (nSPS) is 25.0. The fourth-order valence-corrected chi connectivity index (χ4v) is 9.61. The number of aliphatic hydroxyl groups excluding tert-OH is 2. The van der Waals surface area contributed by atoms with Crippen molar-refractivity contribution >= 4 is 23.8 Å². The zero-order valence-electron chi connectivity index (χ0n) is 30.7. The van der Waals surface area contributed by atoms with Crippen molar-refractivity contribution < 1.29 is 38.8 Å². The summed E-state index contributed by atoms with van der Waals surface area (Å²) in [7, 11) is 1.53. The maximum atomic E-state index is 11.8. The molecular weight excluding hydrogens is 691 g/mol. The number of rotatable bonds is 19. The van der Waals surface area contributed by atoms with E-state index in [-0.39, 0.29) is 42.1 Å². The number of carbonyl (C=O) groups is 1. The van der Waals surface area contributed by atoms with E-state index >= 15 is 0 Å². The molecule has 2 aliphatic carbocycles. The van der Waals surface area contributed by atoms with Crippen molar-refractivity contribution in [3.63, 3.8) is 0 Å². The van der Waals surface area contributed by atoms with Gasteiger partial charge in [0.1, 0.15) is 29.6 Å². The molecule has 0 saturated heterocycles. The van der Waals surface area contributed by atoms with Gasteiger partial charge in [-0.05, 0) is 98.5 Å². The molecule has 1 heterocycles. The van der Waals surface area contributed by atoms with Crippen LogP contribution in [0.25, 0.3) is 0 Å². The molecule has 10 heteroatoms. The lowest BCUT2D eigenvalue weighted by Gasteiger charge is -2.58. The van der Waals surface area contributed by atoms with Crippen LogP contribution in [0.3, 0.4) is 0 Å². The van der Waals surface area contributed by atoms with E-state index in [2.05, 4.69) is 30.9 Å². The Balaban J connectivity index is 1.54. The largest absolute Gasteiger partial charge is 0.496 e. The van der Waals surface area contributed by atoms with Crippen LogP contribution in [0, 0.1) is 17.8 Å². The molecule has 0 spiro atoms. The molecule has 0 bridgehead atoms. The van der Waals surface area contributed by atoms with Crippen LogP contribution in [0.4, 0.5) is 0 Å². The van der Waals surface area contributed by atoms with E-state index in [1.165, 1.54) is 7.11 Å². The quantitative estimate of drug-likeness (QED) is 0.0539. The number of thioether (sulfide) groups is 1. The lowest BCUT2D eigenvalue weighted by molar-refractivity contribution is -0.223. The Morgan fingerprint density at radius 2 is 1.75 bits per heavy atom. The predicted molar refractivity (Wildman–Crippen MR) is 207 cm³/mol.